The molecule has 0 atom stereocenters. The molecule has 3 rings (SSSR count). The van der Waals surface area contributed by atoms with E-state index in [9.17, 15) is 9.18 Å². The summed E-state index contributed by atoms with van der Waals surface area (Å²) in [5, 5.41) is 6.45. The molecule has 6 heteroatoms. The maximum Gasteiger partial charge on any atom is 0.227 e. The molecule has 0 aliphatic carbocycles. The van der Waals surface area contributed by atoms with Gasteiger partial charge in [0.15, 0.2) is 0 Å². The molecule has 5 nitrogen and oxygen atoms in total. The summed E-state index contributed by atoms with van der Waals surface area (Å²) in [6, 6.07) is 14.0. The number of carbonyl (C=O) groups is 1. The Morgan fingerprint density at radius 2 is 2.00 bits per heavy atom. The second-order valence-corrected chi connectivity index (χ2v) is 5.41. The van der Waals surface area contributed by atoms with Gasteiger partial charge in [0.2, 0.25) is 17.6 Å². The fourth-order valence-corrected chi connectivity index (χ4v) is 2.23. The summed E-state index contributed by atoms with van der Waals surface area (Å²) in [6.07, 6.45) is 0.420. The van der Waals surface area contributed by atoms with Crippen LogP contribution in [0, 0.1) is 12.7 Å². The minimum absolute atomic E-state index is 0.129. The Morgan fingerprint density at radius 3 is 2.79 bits per heavy atom. The van der Waals surface area contributed by atoms with Gasteiger partial charge in [0, 0.05) is 18.4 Å². The molecular weight excluding hydrogens is 309 g/mol. The quantitative estimate of drug-likeness (QED) is 0.775. The van der Waals surface area contributed by atoms with Crippen LogP contribution in [0.25, 0.3) is 11.4 Å². The average molecular weight is 325 g/mol. The van der Waals surface area contributed by atoms with Crippen LogP contribution in [0.4, 0.5) is 10.1 Å². The molecule has 0 radical (unpaired) electrons. The molecule has 1 amide bonds. The van der Waals surface area contributed by atoms with Gasteiger partial charge in [-0.25, -0.2) is 4.39 Å². The molecule has 0 saturated carbocycles. The van der Waals surface area contributed by atoms with Crippen molar-refractivity contribution in [1.82, 2.24) is 10.1 Å². The number of nitrogens with zero attached hydrogens (tertiary/aromatic N) is 2. The minimum Gasteiger partial charge on any atom is -0.339 e. The SMILES string of the molecule is Cc1ccc(F)c(NC(=O)CCc2nc(-c3ccccc3)no2)c1. The van der Waals surface area contributed by atoms with Gasteiger partial charge in [-0.3, -0.25) is 4.79 Å². The molecule has 122 valence electrons. The maximum absolute atomic E-state index is 13.6. The summed E-state index contributed by atoms with van der Waals surface area (Å²) in [5.74, 6) is 0.0847. The van der Waals surface area contributed by atoms with E-state index in [1.165, 1.54) is 6.07 Å². The first kappa shape index (κ1) is 15.9. The monoisotopic (exact) mass is 325 g/mol. The summed E-state index contributed by atoms with van der Waals surface area (Å²) in [4.78, 5) is 16.2. The highest BCUT2D eigenvalue weighted by Gasteiger charge is 2.12. The number of rotatable bonds is 5. The van der Waals surface area contributed by atoms with Gasteiger partial charge >= 0.3 is 0 Å². The van der Waals surface area contributed by atoms with Gasteiger partial charge in [-0.05, 0) is 24.6 Å². The number of aryl methyl sites for hydroxylation is 2. The first-order valence-electron chi connectivity index (χ1n) is 7.56. The maximum atomic E-state index is 13.6. The molecule has 3 aromatic rings. The molecule has 0 saturated heterocycles. The number of halogens is 1. The number of amides is 1. The fraction of sp³-hybridized carbons (Fsp3) is 0.167. The van der Waals surface area contributed by atoms with Crippen LogP contribution in [-0.4, -0.2) is 16.0 Å². The number of hydrogen-bond donors (Lipinski definition) is 1. The Hall–Kier alpha value is -3.02. The molecule has 1 heterocycles. The highest BCUT2D eigenvalue weighted by molar-refractivity contribution is 5.91. The Balaban J connectivity index is 1.59. The van der Waals surface area contributed by atoms with Crippen molar-refractivity contribution in [2.45, 2.75) is 19.8 Å². The Kier molecular flexibility index (Phi) is 4.65. The number of benzene rings is 2. The summed E-state index contributed by atoms with van der Waals surface area (Å²) < 4.78 is 18.8. The third-order valence-electron chi connectivity index (χ3n) is 3.46. The van der Waals surface area contributed by atoms with Crippen molar-refractivity contribution in [3.05, 3.63) is 65.8 Å². The third-order valence-corrected chi connectivity index (χ3v) is 3.46. The fourth-order valence-electron chi connectivity index (χ4n) is 2.23. The van der Waals surface area contributed by atoms with E-state index in [1.807, 2.05) is 37.3 Å². The zero-order valence-corrected chi connectivity index (χ0v) is 13.1. The third kappa shape index (κ3) is 3.84. The van der Waals surface area contributed by atoms with Gasteiger partial charge in [-0.1, -0.05) is 41.6 Å². The van der Waals surface area contributed by atoms with Crippen molar-refractivity contribution in [3.8, 4) is 11.4 Å². The predicted molar refractivity (Wildman–Crippen MR) is 87.8 cm³/mol. The van der Waals surface area contributed by atoms with Gasteiger partial charge in [0.1, 0.15) is 5.82 Å². The van der Waals surface area contributed by atoms with Crippen molar-refractivity contribution in [2.75, 3.05) is 5.32 Å². The standard InChI is InChI=1S/C18H16FN3O2/c1-12-7-8-14(19)15(11-12)20-16(23)9-10-17-21-18(22-24-17)13-5-3-2-4-6-13/h2-8,11H,9-10H2,1H3,(H,20,23). The van der Waals surface area contributed by atoms with Gasteiger partial charge in [0.05, 0.1) is 5.69 Å². The number of hydrogen-bond acceptors (Lipinski definition) is 4. The first-order chi connectivity index (χ1) is 11.6. The molecule has 0 bridgehead atoms. The molecule has 0 fully saturated rings. The number of nitrogens with one attached hydrogen (secondary N) is 1. The average Bonchev–Trinajstić information content (AvgIpc) is 3.06. The van der Waals surface area contributed by atoms with E-state index in [2.05, 4.69) is 15.5 Å². The van der Waals surface area contributed by atoms with Crippen LogP contribution in [-0.2, 0) is 11.2 Å². The predicted octanol–water partition coefficient (Wildman–Crippen LogP) is 3.76. The largest absolute Gasteiger partial charge is 0.339 e. The van der Waals surface area contributed by atoms with E-state index in [-0.39, 0.29) is 18.0 Å². The molecule has 2 aromatic carbocycles. The van der Waals surface area contributed by atoms with Gasteiger partial charge < -0.3 is 9.84 Å². The number of aromatic nitrogens is 2. The van der Waals surface area contributed by atoms with Crippen molar-refractivity contribution in [2.24, 2.45) is 0 Å². The number of anilines is 1. The number of carbonyl (C=O) groups excluding carboxylic acids is 1. The van der Waals surface area contributed by atoms with Crippen LogP contribution < -0.4 is 5.32 Å². The lowest BCUT2D eigenvalue weighted by Gasteiger charge is -2.06. The van der Waals surface area contributed by atoms with Crippen LogP contribution in [0.15, 0.2) is 53.1 Å². The zero-order chi connectivity index (χ0) is 16.9. The van der Waals surface area contributed by atoms with E-state index in [4.69, 9.17) is 4.52 Å². The lowest BCUT2D eigenvalue weighted by atomic mass is 10.2. The Labute approximate surface area is 138 Å². The van der Waals surface area contributed by atoms with Crippen LogP contribution in [0.1, 0.15) is 17.9 Å². The van der Waals surface area contributed by atoms with Crippen LogP contribution in [0.5, 0.6) is 0 Å². The molecule has 0 unspecified atom stereocenters. The smallest absolute Gasteiger partial charge is 0.227 e. The molecule has 24 heavy (non-hydrogen) atoms. The summed E-state index contributed by atoms with van der Waals surface area (Å²) >= 11 is 0. The highest BCUT2D eigenvalue weighted by Crippen LogP contribution is 2.17. The van der Waals surface area contributed by atoms with Gasteiger partial charge in [-0.15, -0.1) is 0 Å². The van der Waals surface area contributed by atoms with Crippen molar-refractivity contribution in [3.63, 3.8) is 0 Å². The van der Waals surface area contributed by atoms with Crippen molar-refractivity contribution >= 4 is 11.6 Å². The van der Waals surface area contributed by atoms with E-state index < -0.39 is 5.82 Å². The molecule has 0 aliphatic heterocycles. The van der Waals surface area contributed by atoms with E-state index in [1.54, 1.807) is 12.1 Å². The lowest BCUT2D eigenvalue weighted by molar-refractivity contribution is -0.116. The molecule has 1 N–H and O–H groups in total. The zero-order valence-electron chi connectivity index (χ0n) is 13.1. The first-order valence-corrected chi connectivity index (χ1v) is 7.56. The van der Waals surface area contributed by atoms with Gasteiger partial charge in [-0.2, -0.15) is 4.98 Å². The summed E-state index contributed by atoms with van der Waals surface area (Å²) in [6.45, 7) is 1.83. The van der Waals surface area contributed by atoms with Crippen LogP contribution in [0.3, 0.4) is 0 Å². The second-order valence-electron chi connectivity index (χ2n) is 5.41. The second kappa shape index (κ2) is 7.04. The van der Waals surface area contributed by atoms with Crippen LogP contribution >= 0.6 is 0 Å². The Morgan fingerprint density at radius 1 is 1.21 bits per heavy atom. The summed E-state index contributed by atoms with van der Waals surface area (Å²) in [5.41, 5.74) is 1.89. The molecule has 0 spiro atoms. The summed E-state index contributed by atoms with van der Waals surface area (Å²) in [7, 11) is 0. The van der Waals surface area contributed by atoms with Crippen LogP contribution in [0.2, 0.25) is 0 Å². The topological polar surface area (TPSA) is 68.0 Å². The molecular formula is C18H16FN3O2. The van der Waals surface area contributed by atoms with Crippen molar-refractivity contribution < 1.29 is 13.7 Å². The normalized spacial score (nSPS) is 10.6. The molecule has 1 aromatic heterocycles. The highest BCUT2D eigenvalue weighted by atomic mass is 19.1. The lowest BCUT2D eigenvalue weighted by Crippen LogP contribution is -2.13. The van der Waals surface area contributed by atoms with E-state index >= 15 is 0 Å². The molecule has 0 aliphatic rings. The van der Waals surface area contributed by atoms with E-state index in [0.717, 1.165) is 11.1 Å². The van der Waals surface area contributed by atoms with Gasteiger partial charge in [0.25, 0.3) is 0 Å². The Bertz CT molecular complexity index is 846. The van der Waals surface area contributed by atoms with Crippen molar-refractivity contribution in [1.29, 1.82) is 0 Å². The minimum atomic E-state index is -0.460. The van der Waals surface area contributed by atoms with E-state index in [0.29, 0.717) is 18.1 Å².